The van der Waals surface area contributed by atoms with E-state index in [0.29, 0.717) is 12.5 Å². The molecule has 0 aromatic rings. The molecule has 1 rings (SSSR count). The van der Waals surface area contributed by atoms with Crippen LogP contribution in [0.2, 0.25) is 0 Å². The van der Waals surface area contributed by atoms with Crippen molar-refractivity contribution in [3.8, 4) is 0 Å². The quantitative estimate of drug-likeness (QED) is 0.339. The molecule has 0 aromatic carbocycles. The minimum absolute atomic E-state index is 0.0140. The van der Waals surface area contributed by atoms with E-state index in [1.807, 2.05) is 14.0 Å². The van der Waals surface area contributed by atoms with Gasteiger partial charge in [0.05, 0.1) is 5.92 Å². The highest BCUT2D eigenvalue weighted by Gasteiger charge is 2.29. The molecule has 17 heavy (non-hydrogen) atoms. The van der Waals surface area contributed by atoms with Crippen LogP contribution in [-0.2, 0) is 4.79 Å². The topological polar surface area (TPSA) is 78.9 Å². The second kappa shape index (κ2) is 6.47. The summed E-state index contributed by atoms with van der Waals surface area (Å²) < 4.78 is 0. The highest BCUT2D eigenvalue weighted by atomic mass is 16.4. The number of oxime groups is 1. The second-order valence-electron chi connectivity index (χ2n) is 4.73. The molecule has 0 aliphatic heterocycles. The van der Waals surface area contributed by atoms with E-state index in [4.69, 9.17) is 10.9 Å². The summed E-state index contributed by atoms with van der Waals surface area (Å²) in [6.07, 6.45) is 6.32. The number of nitrogens with zero attached hydrogens (tertiary/aromatic N) is 2. The molecule has 5 heteroatoms. The predicted molar refractivity (Wildman–Crippen MR) is 66.8 cm³/mol. The van der Waals surface area contributed by atoms with E-state index < -0.39 is 5.92 Å². The monoisotopic (exact) mass is 241 g/mol. The van der Waals surface area contributed by atoms with Gasteiger partial charge in [-0.2, -0.15) is 0 Å². The van der Waals surface area contributed by atoms with Gasteiger partial charge in [0.25, 0.3) is 0 Å². The van der Waals surface area contributed by atoms with E-state index in [1.165, 1.54) is 19.3 Å². The molecule has 1 saturated carbocycles. The van der Waals surface area contributed by atoms with E-state index in [1.54, 1.807) is 4.90 Å². The van der Waals surface area contributed by atoms with Gasteiger partial charge in [0.1, 0.15) is 0 Å². The predicted octanol–water partition coefficient (Wildman–Crippen LogP) is 1.55. The van der Waals surface area contributed by atoms with Crippen LogP contribution in [-0.4, -0.2) is 34.9 Å². The van der Waals surface area contributed by atoms with Crippen LogP contribution in [0.15, 0.2) is 5.16 Å². The lowest BCUT2D eigenvalue weighted by molar-refractivity contribution is -0.134. The van der Waals surface area contributed by atoms with Gasteiger partial charge in [0.2, 0.25) is 5.91 Å². The Morgan fingerprint density at radius 2 is 2.06 bits per heavy atom. The van der Waals surface area contributed by atoms with Gasteiger partial charge in [-0.05, 0) is 19.3 Å². The molecule has 1 aliphatic carbocycles. The average molecular weight is 241 g/mol. The summed E-state index contributed by atoms with van der Waals surface area (Å²) in [5, 5.41) is 11.6. The van der Waals surface area contributed by atoms with E-state index >= 15 is 0 Å². The van der Waals surface area contributed by atoms with Gasteiger partial charge in [-0.3, -0.25) is 4.79 Å². The summed E-state index contributed by atoms with van der Waals surface area (Å²) in [4.78, 5) is 14.0. The Bertz CT molecular complexity index is 285. The molecule has 1 fully saturated rings. The number of hydrogen-bond acceptors (Lipinski definition) is 3. The van der Waals surface area contributed by atoms with Gasteiger partial charge in [0.15, 0.2) is 5.84 Å². The Morgan fingerprint density at radius 3 is 2.53 bits per heavy atom. The molecule has 0 aromatic heterocycles. The Balaban J connectivity index is 2.66. The van der Waals surface area contributed by atoms with Gasteiger partial charge in [-0.1, -0.05) is 31.3 Å². The number of carbonyl (C=O) groups excluding carboxylic acids is 1. The van der Waals surface area contributed by atoms with Crippen molar-refractivity contribution >= 4 is 11.7 Å². The molecular weight excluding hydrogens is 218 g/mol. The Labute approximate surface area is 103 Å². The summed E-state index contributed by atoms with van der Waals surface area (Å²) in [5.74, 6) is -0.512. The summed E-state index contributed by atoms with van der Waals surface area (Å²) in [6.45, 7) is 1.87. The highest BCUT2D eigenvalue weighted by molar-refractivity contribution is 6.02. The standard InChI is InChI=1S/C12H23N3O2/c1-3-10(11(13)14-17)12(16)15(2)9-7-5-4-6-8-9/h9-10,17H,3-8H2,1-2H3,(H2,13,14). The molecule has 0 spiro atoms. The van der Waals surface area contributed by atoms with Crippen LogP contribution in [0.3, 0.4) is 0 Å². The van der Waals surface area contributed by atoms with E-state index in [-0.39, 0.29) is 11.7 Å². The fourth-order valence-electron chi connectivity index (χ4n) is 2.47. The van der Waals surface area contributed by atoms with Crippen LogP contribution in [0.4, 0.5) is 0 Å². The molecule has 1 unspecified atom stereocenters. The van der Waals surface area contributed by atoms with Gasteiger partial charge in [0, 0.05) is 13.1 Å². The maximum atomic E-state index is 12.2. The third-order valence-corrected chi connectivity index (χ3v) is 3.65. The molecule has 5 nitrogen and oxygen atoms in total. The molecule has 0 bridgehead atoms. The van der Waals surface area contributed by atoms with Crippen LogP contribution < -0.4 is 5.73 Å². The minimum atomic E-state index is -0.494. The first-order valence-electron chi connectivity index (χ1n) is 6.35. The third kappa shape index (κ3) is 3.35. The van der Waals surface area contributed by atoms with E-state index in [0.717, 1.165) is 12.8 Å². The molecule has 98 valence electrons. The summed E-state index contributed by atoms with van der Waals surface area (Å²) >= 11 is 0. The number of amides is 1. The first kappa shape index (κ1) is 13.8. The van der Waals surface area contributed by atoms with E-state index in [9.17, 15) is 4.79 Å². The lowest BCUT2D eigenvalue weighted by Crippen LogP contribution is -2.45. The van der Waals surface area contributed by atoms with Gasteiger partial charge in [-0.15, -0.1) is 0 Å². The molecule has 1 aliphatic rings. The van der Waals surface area contributed by atoms with Crippen LogP contribution in [0.25, 0.3) is 0 Å². The lowest BCUT2D eigenvalue weighted by atomic mass is 9.93. The fourth-order valence-corrected chi connectivity index (χ4v) is 2.47. The minimum Gasteiger partial charge on any atom is -0.409 e. The van der Waals surface area contributed by atoms with Crippen molar-refractivity contribution in [1.29, 1.82) is 0 Å². The molecule has 0 saturated heterocycles. The van der Waals surface area contributed by atoms with Gasteiger partial charge in [-0.25, -0.2) is 0 Å². The molecule has 1 amide bonds. The normalized spacial score (nSPS) is 20.0. The third-order valence-electron chi connectivity index (χ3n) is 3.65. The highest BCUT2D eigenvalue weighted by Crippen LogP contribution is 2.23. The van der Waals surface area contributed by atoms with Crippen LogP contribution in [0, 0.1) is 5.92 Å². The first-order chi connectivity index (χ1) is 8.11. The lowest BCUT2D eigenvalue weighted by Gasteiger charge is -2.33. The summed E-state index contributed by atoms with van der Waals surface area (Å²) in [6, 6.07) is 0.316. The van der Waals surface area contributed by atoms with Crippen molar-refractivity contribution in [2.24, 2.45) is 16.8 Å². The van der Waals surface area contributed by atoms with Crippen LogP contribution in [0.1, 0.15) is 45.4 Å². The Hall–Kier alpha value is -1.26. The fraction of sp³-hybridized carbons (Fsp3) is 0.833. The first-order valence-corrected chi connectivity index (χ1v) is 6.35. The van der Waals surface area contributed by atoms with E-state index in [2.05, 4.69) is 5.16 Å². The number of carbonyl (C=O) groups is 1. The molecule has 0 heterocycles. The molecule has 1 atom stereocenters. The number of hydrogen-bond donors (Lipinski definition) is 2. The zero-order valence-electron chi connectivity index (χ0n) is 10.7. The van der Waals surface area contributed by atoms with Gasteiger partial charge < -0.3 is 15.8 Å². The number of amidine groups is 1. The Kier molecular flexibility index (Phi) is 5.25. The Morgan fingerprint density at radius 1 is 1.47 bits per heavy atom. The van der Waals surface area contributed by atoms with Crippen molar-refractivity contribution < 1.29 is 10.0 Å². The summed E-state index contributed by atoms with van der Waals surface area (Å²) in [5.41, 5.74) is 5.55. The zero-order chi connectivity index (χ0) is 12.8. The number of nitrogens with two attached hydrogens (primary N) is 1. The smallest absolute Gasteiger partial charge is 0.233 e. The second-order valence-corrected chi connectivity index (χ2v) is 4.73. The maximum Gasteiger partial charge on any atom is 0.233 e. The number of rotatable bonds is 4. The maximum absolute atomic E-state index is 12.2. The summed E-state index contributed by atoms with van der Waals surface area (Å²) in [7, 11) is 1.83. The van der Waals surface area contributed by atoms with Crippen molar-refractivity contribution in [3.05, 3.63) is 0 Å². The molecular formula is C12H23N3O2. The van der Waals surface area contributed by atoms with Crippen molar-refractivity contribution in [2.45, 2.75) is 51.5 Å². The average Bonchev–Trinajstić information content (AvgIpc) is 2.39. The van der Waals surface area contributed by atoms with Crippen LogP contribution >= 0.6 is 0 Å². The largest absolute Gasteiger partial charge is 0.409 e. The SMILES string of the molecule is CCC(C(=O)N(C)C1CCCCC1)/C(N)=N/O. The van der Waals surface area contributed by atoms with Crippen molar-refractivity contribution in [1.82, 2.24) is 4.90 Å². The van der Waals surface area contributed by atoms with Crippen molar-refractivity contribution in [2.75, 3.05) is 7.05 Å². The molecule has 0 radical (unpaired) electrons. The van der Waals surface area contributed by atoms with Crippen molar-refractivity contribution in [3.63, 3.8) is 0 Å². The molecule has 3 N–H and O–H groups in total. The zero-order valence-corrected chi connectivity index (χ0v) is 10.7. The van der Waals surface area contributed by atoms with Gasteiger partial charge >= 0.3 is 0 Å². The van der Waals surface area contributed by atoms with Crippen LogP contribution in [0.5, 0.6) is 0 Å².